The van der Waals surface area contributed by atoms with Crippen molar-refractivity contribution in [3.63, 3.8) is 0 Å². The van der Waals surface area contributed by atoms with E-state index in [2.05, 4.69) is 10.6 Å². The Balaban J connectivity index is 1.74. The number of para-hydroxylation sites is 1. The van der Waals surface area contributed by atoms with Gasteiger partial charge in [-0.05, 0) is 48.9 Å². The molecule has 3 aromatic rings. The molecule has 178 valence electrons. The van der Waals surface area contributed by atoms with Crippen molar-refractivity contribution in [3.8, 4) is 0 Å². The predicted octanol–water partition coefficient (Wildman–Crippen LogP) is 3.67. The molecule has 0 heterocycles. The van der Waals surface area contributed by atoms with Crippen LogP contribution in [0, 0.1) is 0 Å². The van der Waals surface area contributed by atoms with Crippen LogP contribution >= 0.6 is 0 Å². The standard InChI is InChI=1S/C25H28N4O4S/c1-18(19-10-6-5-7-11-19)26-25(31)22-12-8-9-13-23(22)27-24(30)20-14-16-21(17-15-20)29(4)34(32,33)28(2)3/h5-18H,1-4H3,(H,26,31)(H,27,30). The smallest absolute Gasteiger partial charge is 0.303 e. The van der Waals surface area contributed by atoms with Crippen LogP contribution in [-0.2, 0) is 10.2 Å². The summed E-state index contributed by atoms with van der Waals surface area (Å²) in [6.45, 7) is 1.89. The maximum Gasteiger partial charge on any atom is 0.303 e. The van der Waals surface area contributed by atoms with Crippen molar-refractivity contribution >= 4 is 33.4 Å². The Morgan fingerprint density at radius 2 is 1.38 bits per heavy atom. The van der Waals surface area contributed by atoms with Crippen LogP contribution in [0.5, 0.6) is 0 Å². The topological polar surface area (TPSA) is 98.8 Å². The van der Waals surface area contributed by atoms with Crippen molar-refractivity contribution in [2.24, 2.45) is 0 Å². The predicted molar refractivity (Wildman–Crippen MR) is 134 cm³/mol. The maximum absolute atomic E-state index is 12.9. The highest BCUT2D eigenvalue weighted by molar-refractivity contribution is 7.90. The van der Waals surface area contributed by atoms with Crippen LogP contribution in [0.2, 0.25) is 0 Å². The Kier molecular flexibility index (Phi) is 7.70. The lowest BCUT2D eigenvalue weighted by Gasteiger charge is -2.23. The number of carbonyl (C=O) groups is 2. The van der Waals surface area contributed by atoms with Gasteiger partial charge < -0.3 is 10.6 Å². The van der Waals surface area contributed by atoms with E-state index in [0.29, 0.717) is 22.5 Å². The minimum atomic E-state index is -3.64. The molecule has 0 saturated carbocycles. The molecule has 9 heteroatoms. The molecule has 0 bridgehead atoms. The Morgan fingerprint density at radius 1 is 0.794 bits per heavy atom. The molecule has 0 aromatic heterocycles. The molecule has 0 spiro atoms. The molecule has 0 radical (unpaired) electrons. The van der Waals surface area contributed by atoms with Crippen molar-refractivity contribution in [1.29, 1.82) is 0 Å². The number of anilines is 2. The summed E-state index contributed by atoms with van der Waals surface area (Å²) >= 11 is 0. The van der Waals surface area contributed by atoms with Gasteiger partial charge in [0.2, 0.25) is 0 Å². The summed E-state index contributed by atoms with van der Waals surface area (Å²) in [6.07, 6.45) is 0. The van der Waals surface area contributed by atoms with Gasteiger partial charge in [0.25, 0.3) is 11.8 Å². The zero-order valence-electron chi connectivity index (χ0n) is 19.5. The van der Waals surface area contributed by atoms with Crippen molar-refractivity contribution in [3.05, 3.63) is 95.6 Å². The fourth-order valence-electron chi connectivity index (χ4n) is 3.28. The third-order valence-electron chi connectivity index (χ3n) is 5.37. The lowest BCUT2D eigenvalue weighted by molar-refractivity contribution is 0.0940. The summed E-state index contributed by atoms with van der Waals surface area (Å²) in [5.41, 5.74) is 2.43. The van der Waals surface area contributed by atoms with Crippen LogP contribution in [0.3, 0.4) is 0 Å². The number of carbonyl (C=O) groups excluding carboxylic acids is 2. The average Bonchev–Trinajstić information content (AvgIpc) is 2.84. The summed E-state index contributed by atoms with van der Waals surface area (Å²) in [4.78, 5) is 25.7. The van der Waals surface area contributed by atoms with Crippen molar-refractivity contribution in [2.75, 3.05) is 30.8 Å². The highest BCUT2D eigenvalue weighted by Crippen LogP contribution is 2.21. The Bertz CT molecular complexity index is 1260. The molecule has 0 aliphatic carbocycles. The maximum atomic E-state index is 12.9. The van der Waals surface area contributed by atoms with Gasteiger partial charge >= 0.3 is 10.2 Å². The normalized spacial score (nSPS) is 12.1. The van der Waals surface area contributed by atoms with Gasteiger partial charge in [-0.1, -0.05) is 42.5 Å². The molecule has 3 aromatic carbocycles. The summed E-state index contributed by atoms with van der Waals surface area (Å²) in [6, 6.07) is 22.3. The zero-order valence-corrected chi connectivity index (χ0v) is 20.3. The minimum Gasteiger partial charge on any atom is -0.345 e. The molecule has 0 aliphatic rings. The lowest BCUT2D eigenvalue weighted by atomic mass is 10.1. The summed E-state index contributed by atoms with van der Waals surface area (Å²) < 4.78 is 26.8. The van der Waals surface area contributed by atoms with Gasteiger partial charge in [-0.25, -0.2) is 0 Å². The van der Waals surface area contributed by atoms with E-state index in [9.17, 15) is 18.0 Å². The molecule has 0 saturated heterocycles. The number of hydrogen-bond acceptors (Lipinski definition) is 4. The van der Waals surface area contributed by atoms with Gasteiger partial charge in [0.05, 0.1) is 23.0 Å². The molecular weight excluding hydrogens is 452 g/mol. The van der Waals surface area contributed by atoms with E-state index >= 15 is 0 Å². The molecule has 1 atom stereocenters. The number of rotatable bonds is 8. The Hall–Kier alpha value is -3.69. The lowest BCUT2D eigenvalue weighted by Crippen LogP contribution is -2.37. The monoisotopic (exact) mass is 480 g/mol. The molecule has 34 heavy (non-hydrogen) atoms. The first-order valence-corrected chi connectivity index (χ1v) is 12.0. The van der Waals surface area contributed by atoms with Gasteiger partial charge in [-0.2, -0.15) is 12.7 Å². The van der Waals surface area contributed by atoms with E-state index < -0.39 is 16.1 Å². The van der Waals surface area contributed by atoms with Crippen LogP contribution in [-0.4, -0.2) is 45.7 Å². The molecule has 1 unspecified atom stereocenters. The summed E-state index contributed by atoms with van der Waals surface area (Å²) in [7, 11) is 0.697. The summed E-state index contributed by atoms with van der Waals surface area (Å²) in [5.74, 6) is -0.723. The molecule has 8 nitrogen and oxygen atoms in total. The fourth-order valence-corrected chi connectivity index (χ4v) is 4.16. The SMILES string of the molecule is CC(NC(=O)c1ccccc1NC(=O)c1ccc(N(C)S(=O)(=O)N(C)C)cc1)c1ccccc1. The highest BCUT2D eigenvalue weighted by atomic mass is 32.2. The molecule has 0 aliphatic heterocycles. The minimum absolute atomic E-state index is 0.208. The van der Waals surface area contributed by atoms with Crippen molar-refractivity contribution in [2.45, 2.75) is 13.0 Å². The number of benzene rings is 3. The third kappa shape index (κ3) is 5.62. The van der Waals surface area contributed by atoms with Gasteiger partial charge in [-0.15, -0.1) is 0 Å². The second kappa shape index (κ2) is 10.5. The number of hydrogen-bond donors (Lipinski definition) is 2. The Labute approximate surface area is 200 Å². The van der Waals surface area contributed by atoms with Crippen LogP contribution < -0.4 is 14.9 Å². The average molecular weight is 481 g/mol. The first-order valence-electron chi connectivity index (χ1n) is 10.6. The van der Waals surface area contributed by atoms with E-state index in [1.165, 1.54) is 33.3 Å². The van der Waals surface area contributed by atoms with Gasteiger partial charge in [0.15, 0.2) is 0 Å². The second-order valence-corrected chi connectivity index (χ2v) is 10.1. The fraction of sp³-hybridized carbons (Fsp3) is 0.200. The Morgan fingerprint density at radius 3 is 2.00 bits per heavy atom. The van der Waals surface area contributed by atoms with E-state index in [0.717, 1.165) is 14.2 Å². The molecule has 2 amide bonds. The van der Waals surface area contributed by atoms with Crippen LogP contribution in [0.4, 0.5) is 11.4 Å². The molecular formula is C25H28N4O4S. The largest absolute Gasteiger partial charge is 0.345 e. The van der Waals surface area contributed by atoms with Gasteiger partial charge in [-0.3, -0.25) is 13.9 Å². The van der Waals surface area contributed by atoms with Crippen LogP contribution in [0.15, 0.2) is 78.9 Å². The highest BCUT2D eigenvalue weighted by Gasteiger charge is 2.21. The molecule has 2 N–H and O–H groups in total. The number of nitrogens with zero attached hydrogens (tertiary/aromatic N) is 2. The van der Waals surface area contributed by atoms with Gasteiger partial charge in [0.1, 0.15) is 0 Å². The first-order chi connectivity index (χ1) is 16.1. The van der Waals surface area contributed by atoms with E-state index in [1.54, 1.807) is 36.4 Å². The quantitative estimate of drug-likeness (QED) is 0.514. The first kappa shape index (κ1) is 24.9. The number of nitrogens with one attached hydrogen (secondary N) is 2. The number of amides is 2. The third-order valence-corrected chi connectivity index (χ3v) is 7.19. The van der Waals surface area contributed by atoms with E-state index in [1.807, 2.05) is 37.3 Å². The molecule has 3 rings (SSSR count). The van der Waals surface area contributed by atoms with Crippen molar-refractivity contribution < 1.29 is 18.0 Å². The zero-order chi connectivity index (χ0) is 24.9. The van der Waals surface area contributed by atoms with Crippen LogP contribution in [0.1, 0.15) is 39.2 Å². The van der Waals surface area contributed by atoms with Crippen LogP contribution in [0.25, 0.3) is 0 Å². The molecule has 0 fully saturated rings. The van der Waals surface area contributed by atoms with Gasteiger partial charge in [0, 0.05) is 26.7 Å². The van der Waals surface area contributed by atoms with E-state index in [4.69, 9.17) is 0 Å². The van der Waals surface area contributed by atoms with Crippen molar-refractivity contribution in [1.82, 2.24) is 9.62 Å². The van der Waals surface area contributed by atoms with E-state index in [-0.39, 0.29) is 11.9 Å². The second-order valence-electron chi connectivity index (χ2n) is 7.91. The summed E-state index contributed by atoms with van der Waals surface area (Å²) in [5, 5.41) is 5.73.